The Morgan fingerprint density at radius 3 is 2.62 bits per heavy atom. The first-order chi connectivity index (χ1) is 3.56. The molecule has 2 N–H and O–H groups in total. The van der Waals surface area contributed by atoms with Gasteiger partial charge in [-0.3, -0.25) is 0 Å². The summed E-state index contributed by atoms with van der Waals surface area (Å²) in [7, 11) is -2.51. The fraction of sp³-hybridized carbons (Fsp3) is 0.500. The maximum atomic E-state index is 10.5. The number of rotatable bonds is 3. The topological polar surface area (TPSA) is 53.0 Å². The van der Waals surface area contributed by atoms with Crippen LogP contribution in [0.4, 0.5) is 0 Å². The smallest absolute Gasteiger partial charge is 0.102 e. The van der Waals surface area contributed by atoms with Crippen molar-refractivity contribution in [3.8, 4) is 0 Å². The summed E-state index contributed by atoms with van der Waals surface area (Å²) in [6, 6.07) is 0. The Balaban J connectivity index is 3.57. The van der Waals surface area contributed by atoms with Gasteiger partial charge in [0.1, 0.15) is 9.92 Å². The SMILES string of the molecule is C=CCNS(C)(=N)=O. The third kappa shape index (κ3) is 5.65. The Bertz CT molecular complexity index is 159. The summed E-state index contributed by atoms with van der Waals surface area (Å²) in [5.41, 5.74) is 0. The van der Waals surface area contributed by atoms with E-state index in [1.807, 2.05) is 0 Å². The monoisotopic (exact) mass is 134 g/mol. The van der Waals surface area contributed by atoms with Crippen molar-refractivity contribution >= 4 is 9.92 Å². The van der Waals surface area contributed by atoms with E-state index in [9.17, 15) is 4.21 Å². The summed E-state index contributed by atoms with van der Waals surface area (Å²) < 4.78 is 19.7. The van der Waals surface area contributed by atoms with Gasteiger partial charge in [0.15, 0.2) is 0 Å². The van der Waals surface area contributed by atoms with Crippen LogP contribution in [0.1, 0.15) is 0 Å². The van der Waals surface area contributed by atoms with Crippen LogP contribution < -0.4 is 4.72 Å². The zero-order valence-electron chi connectivity index (χ0n) is 4.81. The van der Waals surface area contributed by atoms with Gasteiger partial charge in [-0.25, -0.2) is 13.7 Å². The Morgan fingerprint density at radius 2 is 2.50 bits per heavy atom. The maximum Gasteiger partial charge on any atom is 0.102 e. The lowest BCUT2D eigenvalue weighted by molar-refractivity contribution is 0.671. The van der Waals surface area contributed by atoms with E-state index in [0.717, 1.165) is 0 Å². The van der Waals surface area contributed by atoms with Crippen LogP contribution in [0.3, 0.4) is 0 Å². The molecule has 0 saturated heterocycles. The van der Waals surface area contributed by atoms with Gasteiger partial charge < -0.3 is 0 Å². The van der Waals surface area contributed by atoms with Crippen LogP contribution in [0.5, 0.6) is 0 Å². The van der Waals surface area contributed by atoms with E-state index < -0.39 is 9.92 Å². The second-order valence-electron chi connectivity index (χ2n) is 1.48. The molecule has 0 spiro atoms. The van der Waals surface area contributed by atoms with Crippen LogP contribution in [0, 0.1) is 4.78 Å². The van der Waals surface area contributed by atoms with Crippen LogP contribution in [0.15, 0.2) is 12.7 Å². The van der Waals surface area contributed by atoms with Crippen molar-refractivity contribution in [3.63, 3.8) is 0 Å². The maximum absolute atomic E-state index is 10.5. The second-order valence-corrected chi connectivity index (χ2v) is 3.46. The molecule has 8 heavy (non-hydrogen) atoms. The molecule has 0 saturated carbocycles. The predicted molar refractivity (Wildman–Crippen MR) is 35.0 cm³/mol. The van der Waals surface area contributed by atoms with Crippen molar-refractivity contribution < 1.29 is 4.21 Å². The first kappa shape index (κ1) is 7.65. The van der Waals surface area contributed by atoms with Crippen LogP contribution in [-0.4, -0.2) is 17.0 Å². The Labute approximate surface area is 49.9 Å². The zero-order chi connectivity index (χ0) is 6.62. The van der Waals surface area contributed by atoms with Gasteiger partial charge in [-0.05, 0) is 0 Å². The average Bonchev–Trinajstić information content (AvgIpc) is 1.59. The van der Waals surface area contributed by atoms with Gasteiger partial charge in [-0.15, -0.1) is 6.58 Å². The van der Waals surface area contributed by atoms with Crippen molar-refractivity contribution in [1.82, 2.24) is 4.72 Å². The van der Waals surface area contributed by atoms with E-state index in [0.29, 0.717) is 6.54 Å². The molecule has 0 aliphatic heterocycles. The van der Waals surface area contributed by atoms with Gasteiger partial charge in [0.05, 0.1) is 0 Å². The average molecular weight is 134 g/mol. The van der Waals surface area contributed by atoms with E-state index in [4.69, 9.17) is 4.78 Å². The molecule has 0 heterocycles. The summed E-state index contributed by atoms with van der Waals surface area (Å²) in [6.45, 7) is 3.82. The van der Waals surface area contributed by atoms with Gasteiger partial charge in [0.2, 0.25) is 0 Å². The zero-order valence-corrected chi connectivity index (χ0v) is 5.62. The van der Waals surface area contributed by atoms with Crippen LogP contribution in [0.25, 0.3) is 0 Å². The van der Waals surface area contributed by atoms with Gasteiger partial charge in [0, 0.05) is 12.8 Å². The highest BCUT2D eigenvalue weighted by Gasteiger charge is 1.88. The third-order valence-corrected chi connectivity index (χ3v) is 1.22. The molecule has 0 rings (SSSR count). The molecule has 1 atom stereocenters. The lowest BCUT2D eigenvalue weighted by Crippen LogP contribution is -2.19. The van der Waals surface area contributed by atoms with Crippen molar-refractivity contribution in [2.45, 2.75) is 0 Å². The lowest BCUT2D eigenvalue weighted by atomic mass is 10.7. The van der Waals surface area contributed by atoms with Gasteiger partial charge in [-0.1, -0.05) is 6.08 Å². The minimum absolute atomic E-state index is 0.429. The van der Waals surface area contributed by atoms with Crippen molar-refractivity contribution in [2.75, 3.05) is 12.8 Å². The van der Waals surface area contributed by atoms with Crippen LogP contribution in [0.2, 0.25) is 0 Å². The fourth-order valence-corrected chi connectivity index (χ4v) is 0.654. The molecule has 0 amide bonds. The third-order valence-electron chi connectivity index (χ3n) is 0.503. The second kappa shape index (κ2) is 2.84. The van der Waals surface area contributed by atoms with E-state index in [2.05, 4.69) is 11.3 Å². The summed E-state index contributed by atoms with van der Waals surface area (Å²) in [4.78, 5) is 0. The largest absolute Gasteiger partial charge is 0.241 e. The molecule has 0 aromatic heterocycles. The first-order valence-corrected chi connectivity index (χ1v) is 4.12. The Kier molecular flexibility index (Phi) is 2.71. The quantitative estimate of drug-likeness (QED) is 0.538. The molecule has 0 aliphatic rings. The van der Waals surface area contributed by atoms with Gasteiger partial charge >= 0.3 is 0 Å². The van der Waals surface area contributed by atoms with E-state index in [-0.39, 0.29) is 0 Å². The molecule has 0 bridgehead atoms. The van der Waals surface area contributed by atoms with Crippen molar-refractivity contribution in [1.29, 1.82) is 4.78 Å². The molecule has 1 unspecified atom stereocenters. The Hall–Kier alpha value is -0.350. The summed E-state index contributed by atoms with van der Waals surface area (Å²) in [5, 5.41) is 0. The standard InChI is InChI=1S/C4H10N2OS/c1-3-4-6-8(2,5)7/h3H,1,4H2,2H3,(H2,5,6,7). The number of hydrogen-bond acceptors (Lipinski definition) is 2. The highest BCUT2D eigenvalue weighted by Crippen LogP contribution is 1.72. The van der Waals surface area contributed by atoms with Gasteiger partial charge in [-0.2, -0.15) is 0 Å². The van der Waals surface area contributed by atoms with Crippen molar-refractivity contribution in [2.24, 2.45) is 0 Å². The highest BCUT2D eigenvalue weighted by molar-refractivity contribution is 7.89. The molecular formula is C4H10N2OS. The molecule has 4 heteroatoms. The molecule has 0 radical (unpaired) electrons. The lowest BCUT2D eigenvalue weighted by Gasteiger charge is -1.96. The molecule has 0 aromatic rings. The summed E-state index contributed by atoms with van der Waals surface area (Å²) in [5.74, 6) is 0. The molecular weight excluding hydrogens is 124 g/mol. The van der Waals surface area contributed by atoms with E-state index >= 15 is 0 Å². The molecule has 0 aromatic carbocycles. The number of hydrogen-bond donors (Lipinski definition) is 2. The molecule has 0 fully saturated rings. The highest BCUT2D eigenvalue weighted by atomic mass is 32.2. The van der Waals surface area contributed by atoms with E-state index in [1.54, 1.807) is 6.08 Å². The van der Waals surface area contributed by atoms with Crippen molar-refractivity contribution in [3.05, 3.63) is 12.7 Å². The van der Waals surface area contributed by atoms with Crippen LogP contribution >= 0.6 is 0 Å². The van der Waals surface area contributed by atoms with E-state index in [1.165, 1.54) is 6.26 Å². The number of nitrogens with one attached hydrogen (secondary N) is 2. The molecule has 3 nitrogen and oxygen atoms in total. The molecule has 0 aliphatic carbocycles. The summed E-state index contributed by atoms with van der Waals surface area (Å²) in [6.07, 6.45) is 2.90. The summed E-state index contributed by atoms with van der Waals surface area (Å²) >= 11 is 0. The first-order valence-electron chi connectivity index (χ1n) is 2.15. The minimum atomic E-state index is -2.51. The normalized spacial score (nSPS) is 17.1. The van der Waals surface area contributed by atoms with Gasteiger partial charge in [0.25, 0.3) is 0 Å². The molecule has 48 valence electrons. The fourth-order valence-electron chi connectivity index (χ4n) is 0.218. The minimum Gasteiger partial charge on any atom is -0.241 e. The van der Waals surface area contributed by atoms with Crippen LogP contribution in [-0.2, 0) is 9.92 Å². The Morgan fingerprint density at radius 1 is 2.00 bits per heavy atom. The predicted octanol–water partition coefficient (Wildman–Crippen LogP) is 0.354.